The summed E-state index contributed by atoms with van der Waals surface area (Å²) >= 11 is 12.6. The SMILES string of the molecule is CC1(C)CCC2(CC1)C[C@@H](C(=O)C[C@@H]1CC[C@@H](CO)OC1)[C@H](c1ccnc(Cl)c1F)[C@]21C(=O)Nc2cc(Cl)ccc21. The van der Waals surface area contributed by atoms with E-state index in [-0.39, 0.29) is 52.9 Å². The van der Waals surface area contributed by atoms with Crippen molar-refractivity contribution in [2.75, 3.05) is 18.5 Å². The number of hydrogen-bond donors (Lipinski definition) is 2. The molecule has 0 bridgehead atoms. The van der Waals surface area contributed by atoms with Gasteiger partial charge in [0.1, 0.15) is 5.78 Å². The molecule has 1 aromatic carbocycles. The number of anilines is 1. The Kier molecular flexibility index (Phi) is 7.49. The summed E-state index contributed by atoms with van der Waals surface area (Å²) in [5.41, 5.74) is 0.0652. The number of carbonyl (C=O) groups is 2. The van der Waals surface area contributed by atoms with Crippen molar-refractivity contribution in [1.82, 2.24) is 4.98 Å². The molecule has 2 saturated carbocycles. The van der Waals surface area contributed by atoms with Crippen molar-refractivity contribution < 1.29 is 23.8 Å². The summed E-state index contributed by atoms with van der Waals surface area (Å²) in [5, 5.41) is 12.8. The van der Waals surface area contributed by atoms with Gasteiger partial charge >= 0.3 is 0 Å². The number of fused-ring (bicyclic) bond motifs is 3. The minimum absolute atomic E-state index is 0.0121. The van der Waals surface area contributed by atoms with Gasteiger partial charge in [-0.15, -0.1) is 0 Å². The molecule has 4 aliphatic rings. The lowest BCUT2D eigenvalue weighted by Gasteiger charge is -2.51. The highest BCUT2D eigenvalue weighted by molar-refractivity contribution is 6.31. The third kappa shape index (κ3) is 4.62. The molecule has 1 amide bonds. The van der Waals surface area contributed by atoms with Crippen LogP contribution in [-0.4, -0.2) is 41.1 Å². The van der Waals surface area contributed by atoms with Crippen LogP contribution in [-0.2, 0) is 19.7 Å². The number of pyridine rings is 1. The molecule has 3 fully saturated rings. The lowest BCUT2D eigenvalue weighted by molar-refractivity contribution is -0.127. The summed E-state index contributed by atoms with van der Waals surface area (Å²) < 4.78 is 21.8. The van der Waals surface area contributed by atoms with E-state index in [1.165, 1.54) is 6.20 Å². The highest BCUT2D eigenvalue weighted by Crippen LogP contribution is 2.72. The van der Waals surface area contributed by atoms with Crippen molar-refractivity contribution in [2.24, 2.45) is 22.7 Å². The Morgan fingerprint density at radius 2 is 1.93 bits per heavy atom. The first-order valence-electron chi connectivity index (χ1n) is 14.7. The van der Waals surface area contributed by atoms with E-state index in [0.29, 0.717) is 30.2 Å². The maximum atomic E-state index is 16.0. The molecule has 220 valence electrons. The molecule has 41 heavy (non-hydrogen) atoms. The molecule has 0 radical (unpaired) electrons. The molecule has 9 heteroatoms. The number of benzene rings is 1. The van der Waals surface area contributed by atoms with Crippen LogP contribution in [0.15, 0.2) is 30.5 Å². The van der Waals surface area contributed by atoms with Crippen LogP contribution in [0.2, 0.25) is 10.2 Å². The third-order valence-electron chi connectivity index (χ3n) is 10.7. The quantitative estimate of drug-likeness (QED) is 0.365. The first-order valence-corrected chi connectivity index (χ1v) is 15.4. The van der Waals surface area contributed by atoms with E-state index in [9.17, 15) is 14.7 Å². The number of amides is 1. The number of rotatable bonds is 5. The fraction of sp³-hybridized carbons (Fsp3) is 0.594. The van der Waals surface area contributed by atoms with Crippen LogP contribution in [0.5, 0.6) is 0 Å². The van der Waals surface area contributed by atoms with Crippen LogP contribution in [0.25, 0.3) is 0 Å². The van der Waals surface area contributed by atoms with Crippen LogP contribution >= 0.6 is 23.2 Å². The smallest absolute Gasteiger partial charge is 0.236 e. The third-order valence-corrected chi connectivity index (χ3v) is 11.2. The Balaban J connectivity index is 1.51. The molecule has 5 atom stereocenters. The zero-order chi connectivity index (χ0) is 29.2. The van der Waals surface area contributed by atoms with Gasteiger partial charge in [-0.25, -0.2) is 9.37 Å². The summed E-state index contributed by atoms with van der Waals surface area (Å²) in [6.07, 6.45) is 6.81. The number of nitrogens with zero attached hydrogens (tertiary/aromatic N) is 1. The number of ether oxygens (including phenoxy) is 1. The molecular formula is C32H37Cl2FN2O4. The van der Waals surface area contributed by atoms with Gasteiger partial charge in [-0.1, -0.05) is 43.1 Å². The number of Topliss-reactive ketones (excluding diaryl/α,β-unsaturated/α-hetero) is 1. The summed E-state index contributed by atoms with van der Waals surface area (Å²) in [6, 6.07) is 7.02. The predicted molar refractivity (Wildman–Crippen MR) is 156 cm³/mol. The van der Waals surface area contributed by atoms with Gasteiger partial charge in [0.05, 0.1) is 24.7 Å². The van der Waals surface area contributed by atoms with Gasteiger partial charge in [-0.3, -0.25) is 9.59 Å². The van der Waals surface area contributed by atoms with E-state index in [2.05, 4.69) is 24.1 Å². The maximum Gasteiger partial charge on any atom is 0.236 e. The molecule has 6 nitrogen and oxygen atoms in total. The highest BCUT2D eigenvalue weighted by Gasteiger charge is 2.72. The standard InChI is InChI=1S/C32H37Cl2FN2O4/c1-30(2)8-10-31(11-9-30)15-22(25(39)13-18-3-5-20(16-38)41-17-18)26(21-7-12-36-28(34)27(21)35)32(31)23-6-4-19(33)14-24(23)37-29(32)40/h4,6-7,12,14,18,20,22,26,38H,3,5,8-11,13,15-17H2,1-2H3,(H,37,40)/t18-,20-,22-,26-,32+/m0/s1. The van der Waals surface area contributed by atoms with Gasteiger partial charge in [-0.05, 0) is 91.0 Å². The fourth-order valence-corrected chi connectivity index (χ4v) is 8.84. The van der Waals surface area contributed by atoms with Crippen LogP contribution in [0.4, 0.5) is 10.1 Å². The van der Waals surface area contributed by atoms with Gasteiger partial charge < -0.3 is 15.2 Å². The van der Waals surface area contributed by atoms with Crippen LogP contribution < -0.4 is 5.32 Å². The van der Waals surface area contributed by atoms with Crippen LogP contribution in [0.1, 0.15) is 82.3 Å². The van der Waals surface area contributed by atoms with Gasteiger partial charge in [-0.2, -0.15) is 0 Å². The van der Waals surface area contributed by atoms with Crippen molar-refractivity contribution in [3.8, 4) is 0 Å². The summed E-state index contributed by atoms with van der Waals surface area (Å²) in [5.74, 6) is -2.19. The molecule has 1 aromatic heterocycles. The van der Waals surface area contributed by atoms with Gasteiger partial charge in [0.15, 0.2) is 11.0 Å². The lowest BCUT2D eigenvalue weighted by Crippen LogP contribution is -2.52. The van der Waals surface area contributed by atoms with E-state index in [1.807, 2.05) is 6.07 Å². The number of nitrogens with one attached hydrogen (secondary N) is 1. The minimum Gasteiger partial charge on any atom is -0.394 e. The van der Waals surface area contributed by atoms with Crippen molar-refractivity contribution in [1.29, 1.82) is 0 Å². The second-order valence-corrected chi connectivity index (χ2v) is 14.2. The Morgan fingerprint density at radius 1 is 1.17 bits per heavy atom. The molecule has 3 heterocycles. The first-order chi connectivity index (χ1) is 19.5. The molecule has 2 aliphatic heterocycles. The number of aliphatic hydroxyl groups is 1. The Labute approximate surface area is 250 Å². The van der Waals surface area contributed by atoms with E-state index in [0.717, 1.165) is 37.7 Å². The van der Waals surface area contributed by atoms with Crippen LogP contribution in [0, 0.1) is 28.5 Å². The van der Waals surface area contributed by atoms with Crippen molar-refractivity contribution in [3.05, 3.63) is 57.6 Å². The van der Waals surface area contributed by atoms with E-state index in [1.54, 1.807) is 18.2 Å². The topological polar surface area (TPSA) is 88.5 Å². The van der Waals surface area contributed by atoms with Gasteiger partial charge in [0, 0.05) is 35.2 Å². The number of carbonyl (C=O) groups excluding carboxylic acids is 2. The zero-order valence-corrected chi connectivity index (χ0v) is 25.0. The second-order valence-electron chi connectivity index (χ2n) is 13.4. The molecule has 2 aromatic rings. The van der Waals surface area contributed by atoms with Crippen molar-refractivity contribution in [2.45, 2.75) is 82.7 Å². The summed E-state index contributed by atoms with van der Waals surface area (Å²) in [6.45, 7) is 4.85. The second kappa shape index (κ2) is 10.6. The van der Waals surface area contributed by atoms with Crippen molar-refractivity contribution >= 4 is 40.6 Å². The normalized spacial score (nSPS) is 31.8. The highest BCUT2D eigenvalue weighted by atomic mass is 35.5. The minimum atomic E-state index is -1.17. The average molecular weight is 604 g/mol. The number of ketones is 1. The largest absolute Gasteiger partial charge is 0.394 e. The monoisotopic (exact) mass is 602 g/mol. The molecule has 2 aliphatic carbocycles. The number of aromatic nitrogens is 1. The molecular weight excluding hydrogens is 566 g/mol. The molecule has 2 N–H and O–H groups in total. The molecule has 0 unspecified atom stereocenters. The van der Waals surface area contributed by atoms with Crippen LogP contribution in [0.3, 0.4) is 0 Å². The average Bonchev–Trinajstić information content (AvgIpc) is 3.40. The van der Waals surface area contributed by atoms with Gasteiger partial charge in [0.25, 0.3) is 0 Å². The molecule has 1 saturated heterocycles. The summed E-state index contributed by atoms with van der Waals surface area (Å²) in [7, 11) is 0. The predicted octanol–water partition coefficient (Wildman–Crippen LogP) is 6.85. The van der Waals surface area contributed by atoms with Crippen molar-refractivity contribution in [3.63, 3.8) is 0 Å². The zero-order valence-electron chi connectivity index (χ0n) is 23.5. The first kappa shape index (κ1) is 29.0. The summed E-state index contributed by atoms with van der Waals surface area (Å²) in [4.78, 5) is 32.9. The number of hydrogen-bond acceptors (Lipinski definition) is 5. The molecule has 2 spiro atoms. The Hall–Kier alpha value is -2.06. The van der Waals surface area contributed by atoms with E-state index in [4.69, 9.17) is 27.9 Å². The number of halogens is 3. The Bertz CT molecular complexity index is 1370. The van der Waals surface area contributed by atoms with E-state index >= 15 is 4.39 Å². The maximum absolute atomic E-state index is 16.0. The Morgan fingerprint density at radius 3 is 2.61 bits per heavy atom. The lowest BCUT2D eigenvalue weighted by atomic mass is 9.51. The fourth-order valence-electron chi connectivity index (χ4n) is 8.50. The number of aliphatic hydroxyl groups excluding tert-OH is 1. The molecule has 6 rings (SSSR count). The van der Waals surface area contributed by atoms with Gasteiger partial charge in [0.2, 0.25) is 5.91 Å². The van der Waals surface area contributed by atoms with E-state index < -0.39 is 28.5 Å².